The van der Waals surface area contributed by atoms with Crippen LogP contribution in [0.2, 0.25) is 0 Å². The number of benzene rings is 2. The lowest BCUT2D eigenvalue weighted by atomic mass is 10.0. The zero-order valence-corrected chi connectivity index (χ0v) is 14.4. The Morgan fingerprint density at radius 2 is 1.88 bits per heavy atom. The monoisotopic (exact) mass is 322 g/mol. The fourth-order valence-electron chi connectivity index (χ4n) is 3.47. The molecule has 1 N–H and O–H groups in total. The smallest absolute Gasteiger partial charge is 0.220 e. The second-order valence-electron chi connectivity index (χ2n) is 6.56. The van der Waals surface area contributed by atoms with Crippen molar-refractivity contribution < 1.29 is 4.79 Å². The molecule has 1 saturated heterocycles. The van der Waals surface area contributed by atoms with E-state index in [-0.39, 0.29) is 5.91 Å². The molecule has 3 nitrogen and oxygen atoms in total. The summed E-state index contributed by atoms with van der Waals surface area (Å²) in [6.07, 6.45) is 3.71. The molecule has 0 spiro atoms. The number of nitrogens with zero attached hydrogens (tertiary/aromatic N) is 1. The van der Waals surface area contributed by atoms with E-state index < -0.39 is 0 Å². The Labute approximate surface area is 144 Å². The lowest BCUT2D eigenvalue weighted by Crippen LogP contribution is -2.40. The van der Waals surface area contributed by atoms with E-state index in [2.05, 4.69) is 53.5 Å². The zero-order chi connectivity index (χ0) is 16.8. The maximum atomic E-state index is 12.2. The van der Waals surface area contributed by atoms with E-state index in [0.29, 0.717) is 12.5 Å². The number of carbonyl (C=O) groups excluding carboxylic acids is 1. The van der Waals surface area contributed by atoms with Gasteiger partial charge in [0.15, 0.2) is 0 Å². The minimum atomic E-state index is 0.151. The van der Waals surface area contributed by atoms with Crippen LogP contribution in [0.3, 0.4) is 0 Å². The molecule has 0 aromatic heterocycles. The molecule has 1 amide bonds. The molecule has 1 fully saturated rings. The third-order valence-corrected chi connectivity index (χ3v) is 4.88. The fraction of sp³-hybridized carbons (Fsp3) is 0.381. The number of para-hydroxylation sites is 1. The Morgan fingerprint density at radius 1 is 1.12 bits per heavy atom. The molecule has 1 heterocycles. The minimum Gasteiger partial charge on any atom is -0.367 e. The Hall–Kier alpha value is -2.29. The molecule has 1 atom stereocenters. The van der Waals surface area contributed by atoms with Gasteiger partial charge in [0.2, 0.25) is 5.91 Å². The predicted octanol–water partition coefficient (Wildman–Crippen LogP) is 3.71. The van der Waals surface area contributed by atoms with E-state index in [4.69, 9.17) is 0 Å². The highest BCUT2D eigenvalue weighted by atomic mass is 16.1. The second-order valence-corrected chi connectivity index (χ2v) is 6.56. The summed E-state index contributed by atoms with van der Waals surface area (Å²) in [5.41, 5.74) is 3.78. The van der Waals surface area contributed by atoms with Gasteiger partial charge >= 0.3 is 0 Å². The number of carbonyl (C=O) groups is 1. The van der Waals surface area contributed by atoms with Crippen molar-refractivity contribution in [2.45, 2.75) is 38.6 Å². The van der Waals surface area contributed by atoms with Gasteiger partial charge in [0.25, 0.3) is 0 Å². The van der Waals surface area contributed by atoms with E-state index in [1.807, 2.05) is 18.2 Å². The maximum absolute atomic E-state index is 12.2. The highest BCUT2D eigenvalue weighted by Crippen LogP contribution is 2.24. The molecule has 1 unspecified atom stereocenters. The molecule has 3 heteroatoms. The Kier molecular flexibility index (Phi) is 5.52. The average Bonchev–Trinajstić information content (AvgIpc) is 3.08. The number of nitrogens with one attached hydrogen (secondary N) is 1. The first-order chi connectivity index (χ1) is 11.7. The third kappa shape index (κ3) is 4.16. The Bertz CT molecular complexity index is 669. The molecule has 0 radical (unpaired) electrons. The number of rotatable bonds is 6. The first-order valence-electron chi connectivity index (χ1n) is 8.87. The molecule has 1 aliphatic heterocycles. The van der Waals surface area contributed by atoms with Crippen molar-refractivity contribution in [3.05, 3.63) is 65.7 Å². The molecule has 1 aliphatic rings. The van der Waals surface area contributed by atoms with E-state index in [0.717, 1.165) is 25.9 Å². The van der Waals surface area contributed by atoms with Crippen molar-refractivity contribution in [2.75, 3.05) is 18.0 Å². The standard InChI is InChI=1S/C21H26N2O/c1-17-8-5-6-9-18(17)13-14-21(24)22-16-20-12-7-15-23(20)19-10-3-2-4-11-19/h2-6,8-11,20H,7,12-16H2,1H3,(H,22,24). The van der Waals surface area contributed by atoms with Crippen LogP contribution in [-0.4, -0.2) is 25.0 Å². The molecule has 2 aromatic rings. The van der Waals surface area contributed by atoms with Crippen molar-refractivity contribution in [2.24, 2.45) is 0 Å². The molecule has 24 heavy (non-hydrogen) atoms. The summed E-state index contributed by atoms with van der Waals surface area (Å²) in [6.45, 7) is 3.92. The second kappa shape index (κ2) is 8.00. The fourth-order valence-corrected chi connectivity index (χ4v) is 3.47. The van der Waals surface area contributed by atoms with Gasteiger partial charge in [-0.1, -0.05) is 42.5 Å². The van der Waals surface area contributed by atoms with Crippen molar-refractivity contribution >= 4 is 11.6 Å². The van der Waals surface area contributed by atoms with Crippen LogP contribution in [0.25, 0.3) is 0 Å². The van der Waals surface area contributed by atoms with Crippen LogP contribution < -0.4 is 10.2 Å². The summed E-state index contributed by atoms with van der Waals surface area (Å²) in [5.74, 6) is 0.151. The maximum Gasteiger partial charge on any atom is 0.220 e. The van der Waals surface area contributed by atoms with Crippen molar-refractivity contribution in [1.82, 2.24) is 5.32 Å². The number of anilines is 1. The van der Waals surface area contributed by atoms with Crippen LogP contribution in [0.1, 0.15) is 30.4 Å². The molecule has 2 aromatic carbocycles. The topological polar surface area (TPSA) is 32.3 Å². The number of hydrogen-bond acceptors (Lipinski definition) is 2. The minimum absolute atomic E-state index is 0.151. The Balaban J connectivity index is 1.48. The third-order valence-electron chi connectivity index (χ3n) is 4.88. The largest absolute Gasteiger partial charge is 0.367 e. The van der Waals surface area contributed by atoms with Gasteiger partial charge in [-0.3, -0.25) is 4.79 Å². The quantitative estimate of drug-likeness (QED) is 0.879. The average molecular weight is 322 g/mol. The zero-order valence-electron chi connectivity index (χ0n) is 14.4. The molecule has 0 aliphatic carbocycles. The normalized spacial score (nSPS) is 17.0. The van der Waals surface area contributed by atoms with E-state index >= 15 is 0 Å². The van der Waals surface area contributed by atoms with Gasteiger partial charge in [-0.15, -0.1) is 0 Å². The summed E-state index contributed by atoms with van der Waals surface area (Å²) in [5, 5.41) is 3.13. The molecular formula is C21H26N2O. The summed E-state index contributed by atoms with van der Waals surface area (Å²) in [4.78, 5) is 14.6. The highest BCUT2D eigenvalue weighted by molar-refractivity contribution is 5.76. The van der Waals surface area contributed by atoms with Gasteiger partial charge in [-0.25, -0.2) is 0 Å². The molecule has 0 saturated carbocycles. The van der Waals surface area contributed by atoms with Gasteiger partial charge in [0.1, 0.15) is 0 Å². The van der Waals surface area contributed by atoms with E-state index in [1.54, 1.807) is 0 Å². The van der Waals surface area contributed by atoms with Gasteiger partial charge < -0.3 is 10.2 Å². The van der Waals surface area contributed by atoms with Crippen molar-refractivity contribution in [3.8, 4) is 0 Å². The van der Waals surface area contributed by atoms with Crippen LogP contribution in [0.4, 0.5) is 5.69 Å². The summed E-state index contributed by atoms with van der Waals surface area (Å²) in [7, 11) is 0. The SMILES string of the molecule is Cc1ccccc1CCC(=O)NCC1CCCN1c1ccccc1. The van der Waals surface area contributed by atoms with Crippen molar-refractivity contribution in [3.63, 3.8) is 0 Å². The summed E-state index contributed by atoms with van der Waals surface area (Å²) in [6, 6.07) is 19.2. The first-order valence-corrected chi connectivity index (χ1v) is 8.87. The van der Waals surface area contributed by atoms with Crippen molar-refractivity contribution in [1.29, 1.82) is 0 Å². The predicted molar refractivity (Wildman–Crippen MR) is 99.3 cm³/mol. The molecule has 126 valence electrons. The van der Waals surface area contributed by atoms with Gasteiger partial charge in [-0.05, 0) is 49.4 Å². The first kappa shape index (κ1) is 16.6. The van der Waals surface area contributed by atoms with Crippen LogP contribution in [-0.2, 0) is 11.2 Å². The Morgan fingerprint density at radius 3 is 2.67 bits per heavy atom. The summed E-state index contributed by atoms with van der Waals surface area (Å²) >= 11 is 0. The number of amides is 1. The molecule has 0 bridgehead atoms. The van der Waals surface area contributed by atoms with Crippen LogP contribution in [0, 0.1) is 6.92 Å². The number of hydrogen-bond donors (Lipinski definition) is 1. The highest BCUT2D eigenvalue weighted by Gasteiger charge is 2.24. The van der Waals surface area contributed by atoms with Gasteiger partial charge in [0.05, 0.1) is 0 Å². The molecular weight excluding hydrogens is 296 g/mol. The van der Waals surface area contributed by atoms with Gasteiger partial charge in [-0.2, -0.15) is 0 Å². The lowest BCUT2D eigenvalue weighted by Gasteiger charge is -2.27. The van der Waals surface area contributed by atoms with Crippen LogP contribution in [0.15, 0.2) is 54.6 Å². The number of aryl methyl sites for hydroxylation is 2. The van der Waals surface area contributed by atoms with Gasteiger partial charge in [0, 0.05) is 31.2 Å². The van der Waals surface area contributed by atoms with E-state index in [1.165, 1.54) is 23.2 Å². The van der Waals surface area contributed by atoms with Crippen LogP contribution >= 0.6 is 0 Å². The lowest BCUT2D eigenvalue weighted by molar-refractivity contribution is -0.121. The molecule has 3 rings (SSSR count). The van der Waals surface area contributed by atoms with Crippen LogP contribution in [0.5, 0.6) is 0 Å². The summed E-state index contributed by atoms with van der Waals surface area (Å²) < 4.78 is 0. The van der Waals surface area contributed by atoms with E-state index in [9.17, 15) is 4.79 Å².